The van der Waals surface area contributed by atoms with E-state index in [1.807, 2.05) is 0 Å². The number of hydrogen-bond donors (Lipinski definition) is 0. The zero-order valence-electron chi connectivity index (χ0n) is 7.20. The van der Waals surface area contributed by atoms with Gasteiger partial charge in [0.15, 0.2) is 11.6 Å². The fourth-order valence-electron chi connectivity index (χ4n) is 0.874. The van der Waals surface area contributed by atoms with E-state index in [4.69, 9.17) is 4.74 Å². The molecule has 0 aliphatic heterocycles. The second kappa shape index (κ2) is 5.24. The first-order valence-corrected chi connectivity index (χ1v) is 4.77. The van der Waals surface area contributed by atoms with Crippen molar-refractivity contribution in [3.8, 4) is 5.75 Å². The van der Waals surface area contributed by atoms with Crippen molar-refractivity contribution >= 4 is 15.9 Å². The van der Waals surface area contributed by atoms with Crippen molar-refractivity contribution in [3.05, 3.63) is 28.2 Å². The van der Waals surface area contributed by atoms with Gasteiger partial charge in [0.2, 0.25) is 5.82 Å². The van der Waals surface area contributed by atoms with Gasteiger partial charge < -0.3 is 4.74 Å². The summed E-state index contributed by atoms with van der Waals surface area (Å²) in [5, 5.41) is 0. The van der Waals surface area contributed by atoms with Crippen LogP contribution in [-0.2, 0) is 0 Å². The van der Waals surface area contributed by atoms with Gasteiger partial charge in [-0.2, -0.15) is 4.39 Å². The normalized spacial score (nSPS) is 10.3. The van der Waals surface area contributed by atoms with E-state index in [1.165, 1.54) is 6.07 Å². The van der Waals surface area contributed by atoms with Crippen LogP contribution in [0.15, 0.2) is 16.6 Å². The molecule has 1 aromatic rings. The zero-order valence-corrected chi connectivity index (χ0v) is 8.78. The Morgan fingerprint density at radius 3 is 2.64 bits per heavy atom. The van der Waals surface area contributed by atoms with Gasteiger partial charge in [-0.3, -0.25) is 4.39 Å². The van der Waals surface area contributed by atoms with Crippen molar-refractivity contribution in [1.82, 2.24) is 0 Å². The zero-order chi connectivity index (χ0) is 10.6. The fraction of sp³-hybridized carbons (Fsp3) is 0.333. The van der Waals surface area contributed by atoms with E-state index in [0.29, 0.717) is 4.47 Å². The lowest BCUT2D eigenvalue weighted by molar-refractivity contribution is 0.273. The molecule has 0 saturated heterocycles. The average Bonchev–Trinajstić information content (AvgIpc) is 2.13. The minimum Gasteiger partial charge on any atom is -0.490 e. The van der Waals surface area contributed by atoms with Gasteiger partial charge >= 0.3 is 0 Å². The Hall–Kier alpha value is -0.710. The highest BCUT2D eigenvalue weighted by molar-refractivity contribution is 9.10. The lowest BCUT2D eigenvalue weighted by atomic mass is 10.3. The van der Waals surface area contributed by atoms with Gasteiger partial charge in [0, 0.05) is 10.9 Å². The molecule has 5 heteroatoms. The maximum Gasteiger partial charge on any atom is 0.200 e. The molecule has 0 heterocycles. The summed E-state index contributed by atoms with van der Waals surface area (Å²) < 4.78 is 42.7. The van der Waals surface area contributed by atoms with E-state index in [-0.39, 0.29) is 18.8 Å². The molecule has 0 spiro atoms. The van der Waals surface area contributed by atoms with Crippen molar-refractivity contribution in [1.29, 1.82) is 0 Å². The smallest absolute Gasteiger partial charge is 0.200 e. The first kappa shape index (κ1) is 11.4. The molecule has 0 N–H and O–H groups in total. The van der Waals surface area contributed by atoms with Crippen LogP contribution in [0.4, 0.5) is 13.2 Å². The molecular weight excluding hydrogens is 261 g/mol. The first-order valence-electron chi connectivity index (χ1n) is 3.98. The Kier molecular flexibility index (Phi) is 4.25. The van der Waals surface area contributed by atoms with E-state index in [2.05, 4.69) is 15.9 Å². The van der Waals surface area contributed by atoms with Crippen LogP contribution in [0.1, 0.15) is 6.42 Å². The third-order valence-electron chi connectivity index (χ3n) is 1.50. The van der Waals surface area contributed by atoms with Gasteiger partial charge in [-0.15, -0.1) is 0 Å². The quantitative estimate of drug-likeness (QED) is 0.600. The van der Waals surface area contributed by atoms with Gasteiger partial charge in [-0.25, -0.2) is 4.39 Å². The molecule has 0 fully saturated rings. The van der Waals surface area contributed by atoms with Gasteiger partial charge in [-0.1, -0.05) is 15.9 Å². The number of hydrogen-bond acceptors (Lipinski definition) is 1. The largest absolute Gasteiger partial charge is 0.490 e. The predicted molar refractivity (Wildman–Crippen MR) is 50.1 cm³/mol. The van der Waals surface area contributed by atoms with E-state index < -0.39 is 18.3 Å². The van der Waals surface area contributed by atoms with Gasteiger partial charge in [0.25, 0.3) is 0 Å². The molecule has 78 valence electrons. The van der Waals surface area contributed by atoms with Crippen LogP contribution in [-0.4, -0.2) is 13.3 Å². The predicted octanol–water partition coefficient (Wildman–Crippen LogP) is 3.47. The van der Waals surface area contributed by atoms with Crippen molar-refractivity contribution < 1.29 is 17.9 Å². The molecule has 1 aromatic carbocycles. The van der Waals surface area contributed by atoms with Crippen LogP contribution in [0.5, 0.6) is 5.75 Å². The molecule has 0 aromatic heterocycles. The molecule has 0 aliphatic rings. The fourth-order valence-corrected chi connectivity index (χ4v) is 1.28. The molecule has 0 aliphatic carbocycles. The lowest BCUT2D eigenvalue weighted by Gasteiger charge is -2.06. The second-order valence-corrected chi connectivity index (χ2v) is 3.51. The monoisotopic (exact) mass is 268 g/mol. The molecule has 1 nitrogen and oxygen atoms in total. The summed E-state index contributed by atoms with van der Waals surface area (Å²) in [6.07, 6.45) is 0.160. The summed E-state index contributed by atoms with van der Waals surface area (Å²) in [6.45, 7) is -0.512. The minimum absolute atomic E-state index is 0.0311. The second-order valence-electron chi connectivity index (χ2n) is 2.59. The van der Waals surface area contributed by atoms with Crippen molar-refractivity contribution in [2.45, 2.75) is 6.42 Å². The van der Waals surface area contributed by atoms with E-state index in [9.17, 15) is 13.2 Å². The Morgan fingerprint density at radius 1 is 1.29 bits per heavy atom. The molecule has 0 atom stereocenters. The molecule has 0 saturated carbocycles. The number of rotatable bonds is 4. The lowest BCUT2D eigenvalue weighted by Crippen LogP contribution is -2.01. The van der Waals surface area contributed by atoms with Crippen LogP contribution < -0.4 is 4.74 Å². The summed E-state index contributed by atoms with van der Waals surface area (Å²) in [4.78, 5) is 0. The highest BCUT2D eigenvalue weighted by Crippen LogP contribution is 2.25. The summed E-state index contributed by atoms with van der Waals surface area (Å²) in [5.74, 6) is -2.24. The van der Waals surface area contributed by atoms with E-state index in [0.717, 1.165) is 6.07 Å². The number of benzene rings is 1. The highest BCUT2D eigenvalue weighted by Gasteiger charge is 2.10. The molecule has 0 bridgehead atoms. The first-order chi connectivity index (χ1) is 6.65. The van der Waals surface area contributed by atoms with Crippen LogP contribution >= 0.6 is 15.9 Å². The minimum atomic E-state index is -1.05. The summed E-state index contributed by atoms with van der Waals surface area (Å²) in [6, 6.07) is 2.30. The van der Waals surface area contributed by atoms with Crippen LogP contribution in [0.3, 0.4) is 0 Å². The van der Waals surface area contributed by atoms with Crippen molar-refractivity contribution in [2.24, 2.45) is 0 Å². The Morgan fingerprint density at radius 2 is 2.00 bits per heavy atom. The van der Waals surface area contributed by atoms with Gasteiger partial charge in [0.1, 0.15) is 0 Å². The third kappa shape index (κ3) is 2.90. The van der Waals surface area contributed by atoms with Crippen LogP contribution in [0, 0.1) is 11.6 Å². The average molecular weight is 269 g/mol. The van der Waals surface area contributed by atoms with Gasteiger partial charge in [0.05, 0.1) is 13.3 Å². The Labute approximate surface area is 88.0 Å². The number of halogens is 4. The third-order valence-corrected chi connectivity index (χ3v) is 1.95. The Bertz CT molecular complexity index is 317. The van der Waals surface area contributed by atoms with E-state index >= 15 is 0 Å². The van der Waals surface area contributed by atoms with Gasteiger partial charge in [-0.05, 0) is 12.1 Å². The molecule has 14 heavy (non-hydrogen) atoms. The molecular formula is C9H8BrF3O. The SMILES string of the molecule is FCCCOc1cc(Br)cc(F)c1F. The number of alkyl halides is 1. The maximum atomic E-state index is 13.0. The van der Waals surface area contributed by atoms with Crippen molar-refractivity contribution in [2.75, 3.05) is 13.3 Å². The Balaban J connectivity index is 2.75. The summed E-state index contributed by atoms with van der Waals surface area (Å²) in [7, 11) is 0. The highest BCUT2D eigenvalue weighted by atomic mass is 79.9. The number of ether oxygens (including phenoxy) is 1. The van der Waals surface area contributed by atoms with Crippen LogP contribution in [0.25, 0.3) is 0 Å². The molecule has 0 amide bonds. The molecule has 1 rings (SSSR count). The van der Waals surface area contributed by atoms with E-state index in [1.54, 1.807) is 0 Å². The molecule has 0 unspecified atom stereocenters. The maximum absolute atomic E-state index is 13.0. The van der Waals surface area contributed by atoms with Crippen LogP contribution in [0.2, 0.25) is 0 Å². The van der Waals surface area contributed by atoms with Crippen molar-refractivity contribution in [3.63, 3.8) is 0 Å². The molecule has 0 radical (unpaired) electrons. The topological polar surface area (TPSA) is 9.23 Å². The summed E-state index contributed by atoms with van der Waals surface area (Å²) in [5.41, 5.74) is 0. The summed E-state index contributed by atoms with van der Waals surface area (Å²) >= 11 is 3.00. The standard InChI is InChI=1S/C9H8BrF3O/c10-6-4-7(12)9(13)8(5-6)14-3-1-2-11/h4-5H,1-3H2.